The van der Waals surface area contributed by atoms with Crippen molar-refractivity contribution in [3.05, 3.63) is 71.4 Å². The molecular weight excluding hydrogens is 311 g/mol. The molecule has 0 saturated carbocycles. The van der Waals surface area contributed by atoms with Crippen LogP contribution in [-0.4, -0.2) is 27.1 Å². The Kier molecular flexibility index (Phi) is 4.54. The first kappa shape index (κ1) is 15.7. The van der Waals surface area contributed by atoms with Crippen LogP contribution in [0.15, 0.2) is 48.7 Å². The second-order valence-corrected chi connectivity index (χ2v) is 4.95. The van der Waals surface area contributed by atoms with E-state index >= 15 is 0 Å². The molecule has 0 saturated heterocycles. The van der Waals surface area contributed by atoms with Crippen LogP contribution < -0.4 is 0 Å². The van der Waals surface area contributed by atoms with Gasteiger partial charge in [-0.3, -0.25) is 4.40 Å². The fourth-order valence-corrected chi connectivity index (χ4v) is 2.20. The summed E-state index contributed by atoms with van der Waals surface area (Å²) in [5.41, 5.74) is 1.98. The number of rotatable bonds is 4. The first-order chi connectivity index (χ1) is 11.6. The number of halogens is 1. The summed E-state index contributed by atoms with van der Waals surface area (Å²) in [6, 6.07) is 11.7. The number of hydrogen-bond acceptors (Lipinski definition) is 3. The quantitative estimate of drug-likeness (QED) is 0.749. The summed E-state index contributed by atoms with van der Waals surface area (Å²) < 4.78 is 20.6. The molecule has 0 radical (unpaired) electrons. The number of hydrogen-bond donors (Lipinski definition) is 1. The number of carboxylic acids is 1. The van der Waals surface area contributed by atoms with Crippen LogP contribution in [0.4, 0.5) is 4.39 Å². The van der Waals surface area contributed by atoms with Crippen molar-refractivity contribution in [2.24, 2.45) is 0 Å². The van der Waals surface area contributed by atoms with Crippen LogP contribution in [-0.2, 0) is 16.1 Å². The number of carboxylic acid groups (broad SMARTS) is 1. The standard InChI is InChI=1S/C18H13FN2O3/c19-14-6-2-1-5-13(14)8-9-16-15(11-24-12-18(22)23)20-17-7-3-4-10-21(16)17/h1-7,10H,11-12H2,(H,22,23). The zero-order valence-corrected chi connectivity index (χ0v) is 12.6. The highest BCUT2D eigenvalue weighted by molar-refractivity contribution is 5.68. The SMILES string of the molecule is O=C(O)COCc1nc2ccccn2c1C#Cc1ccccc1F. The van der Waals surface area contributed by atoms with Gasteiger partial charge in [0.1, 0.15) is 29.5 Å². The van der Waals surface area contributed by atoms with Gasteiger partial charge in [0.2, 0.25) is 0 Å². The van der Waals surface area contributed by atoms with Gasteiger partial charge in [0.05, 0.1) is 12.2 Å². The molecule has 5 nitrogen and oxygen atoms in total. The average molecular weight is 324 g/mol. The summed E-state index contributed by atoms with van der Waals surface area (Å²) in [5, 5.41) is 8.66. The van der Waals surface area contributed by atoms with Gasteiger partial charge in [-0.1, -0.05) is 24.1 Å². The molecule has 0 aliphatic carbocycles. The van der Waals surface area contributed by atoms with Crippen LogP contribution in [0.1, 0.15) is 17.0 Å². The molecule has 0 atom stereocenters. The van der Waals surface area contributed by atoms with E-state index in [1.807, 2.05) is 12.1 Å². The number of imidazole rings is 1. The lowest BCUT2D eigenvalue weighted by Gasteiger charge is -1.99. The molecule has 1 N–H and O–H groups in total. The van der Waals surface area contributed by atoms with Crippen LogP contribution in [0.3, 0.4) is 0 Å². The fraction of sp³-hybridized carbons (Fsp3) is 0.111. The molecule has 0 spiro atoms. The van der Waals surface area contributed by atoms with Gasteiger partial charge in [-0.2, -0.15) is 0 Å². The minimum Gasteiger partial charge on any atom is -0.480 e. The molecule has 2 heterocycles. The third-order valence-corrected chi connectivity index (χ3v) is 3.26. The van der Waals surface area contributed by atoms with Gasteiger partial charge in [-0.25, -0.2) is 14.2 Å². The number of benzene rings is 1. The molecule has 1 aromatic carbocycles. The number of aliphatic carboxylic acids is 1. The van der Waals surface area contributed by atoms with E-state index in [9.17, 15) is 9.18 Å². The lowest BCUT2D eigenvalue weighted by Crippen LogP contribution is -2.07. The third-order valence-electron chi connectivity index (χ3n) is 3.26. The molecule has 3 aromatic rings. The van der Waals surface area contributed by atoms with E-state index in [0.717, 1.165) is 0 Å². The predicted molar refractivity (Wildman–Crippen MR) is 84.9 cm³/mol. The van der Waals surface area contributed by atoms with Crippen LogP contribution in [0, 0.1) is 17.7 Å². The predicted octanol–water partition coefficient (Wildman–Crippen LogP) is 2.47. The average Bonchev–Trinajstić information content (AvgIpc) is 2.91. The molecule has 0 amide bonds. The van der Waals surface area contributed by atoms with Crippen molar-refractivity contribution in [2.75, 3.05) is 6.61 Å². The maximum absolute atomic E-state index is 13.7. The summed E-state index contributed by atoms with van der Waals surface area (Å²) in [6.07, 6.45) is 1.79. The highest BCUT2D eigenvalue weighted by atomic mass is 19.1. The first-order valence-electron chi connectivity index (χ1n) is 7.17. The maximum atomic E-state index is 13.7. The molecule has 0 aliphatic rings. The summed E-state index contributed by atoms with van der Waals surface area (Å²) >= 11 is 0. The Morgan fingerprint density at radius 2 is 2.00 bits per heavy atom. The number of fused-ring (bicyclic) bond motifs is 1. The van der Waals surface area contributed by atoms with Crippen molar-refractivity contribution >= 4 is 11.6 Å². The molecule has 0 bridgehead atoms. The summed E-state index contributed by atoms with van der Waals surface area (Å²) in [7, 11) is 0. The molecular formula is C18H13FN2O3. The summed E-state index contributed by atoms with van der Waals surface area (Å²) in [4.78, 5) is 15.0. The van der Waals surface area contributed by atoms with Crippen molar-refractivity contribution in [1.29, 1.82) is 0 Å². The second-order valence-electron chi connectivity index (χ2n) is 4.95. The number of nitrogens with zero attached hydrogens (tertiary/aromatic N) is 2. The van der Waals surface area contributed by atoms with Crippen molar-refractivity contribution in [3.8, 4) is 11.8 Å². The number of aromatic nitrogens is 2. The fourth-order valence-electron chi connectivity index (χ4n) is 2.20. The smallest absolute Gasteiger partial charge is 0.329 e. The molecule has 0 fully saturated rings. The highest BCUT2D eigenvalue weighted by Crippen LogP contribution is 2.13. The summed E-state index contributed by atoms with van der Waals surface area (Å²) in [5.74, 6) is 4.25. The van der Waals surface area contributed by atoms with E-state index in [-0.39, 0.29) is 12.2 Å². The van der Waals surface area contributed by atoms with E-state index in [4.69, 9.17) is 9.84 Å². The Morgan fingerprint density at radius 1 is 1.21 bits per heavy atom. The number of carbonyl (C=O) groups is 1. The molecule has 6 heteroatoms. The molecule has 2 aromatic heterocycles. The second kappa shape index (κ2) is 6.94. The van der Waals surface area contributed by atoms with Gasteiger partial charge in [0, 0.05) is 6.20 Å². The maximum Gasteiger partial charge on any atom is 0.329 e. The Morgan fingerprint density at radius 3 is 2.79 bits per heavy atom. The van der Waals surface area contributed by atoms with E-state index < -0.39 is 18.4 Å². The third kappa shape index (κ3) is 3.42. The highest BCUT2D eigenvalue weighted by Gasteiger charge is 2.11. The summed E-state index contributed by atoms with van der Waals surface area (Å²) in [6.45, 7) is -0.413. The van der Waals surface area contributed by atoms with E-state index in [1.54, 1.807) is 34.9 Å². The van der Waals surface area contributed by atoms with Crippen molar-refractivity contribution in [1.82, 2.24) is 9.38 Å². The molecule has 0 unspecified atom stereocenters. The monoisotopic (exact) mass is 324 g/mol. The van der Waals surface area contributed by atoms with Crippen LogP contribution in [0.5, 0.6) is 0 Å². The molecule has 0 aliphatic heterocycles. The van der Waals surface area contributed by atoms with Crippen molar-refractivity contribution in [3.63, 3.8) is 0 Å². The number of pyridine rings is 1. The lowest BCUT2D eigenvalue weighted by atomic mass is 10.2. The molecule has 120 valence electrons. The van der Waals surface area contributed by atoms with Gasteiger partial charge < -0.3 is 9.84 Å². The lowest BCUT2D eigenvalue weighted by molar-refractivity contribution is -0.142. The van der Waals surface area contributed by atoms with Crippen LogP contribution in [0.2, 0.25) is 0 Å². The van der Waals surface area contributed by atoms with Gasteiger partial charge in [-0.05, 0) is 30.2 Å². The molecule has 3 rings (SSSR count). The van der Waals surface area contributed by atoms with Crippen LogP contribution >= 0.6 is 0 Å². The molecule has 24 heavy (non-hydrogen) atoms. The van der Waals surface area contributed by atoms with Gasteiger partial charge in [-0.15, -0.1) is 0 Å². The van der Waals surface area contributed by atoms with Gasteiger partial charge in [0.25, 0.3) is 0 Å². The van der Waals surface area contributed by atoms with E-state index in [0.29, 0.717) is 17.0 Å². The zero-order chi connectivity index (χ0) is 16.9. The minimum atomic E-state index is -1.06. The minimum absolute atomic E-state index is 0.00919. The van der Waals surface area contributed by atoms with E-state index in [1.165, 1.54) is 6.07 Å². The number of ether oxygens (including phenoxy) is 1. The van der Waals surface area contributed by atoms with Crippen molar-refractivity contribution in [2.45, 2.75) is 6.61 Å². The van der Waals surface area contributed by atoms with E-state index in [2.05, 4.69) is 16.8 Å². The largest absolute Gasteiger partial charge is 0.480 e. The Hall–Kier alpha value is -3.17. The topological polar surface area (TPSA) is 63.8 Å². The normalized spacial score (nSPS) is 10.4. The Balaban J connectivity index is 1.99. The Bertz CT molecular complexity index is 954. The first-order valence-corrected chi connectivity index (χ1v) is 7.17. The van der Waals surface area contributed by atoms with Gasteiger partial charge in [0.15, 0.2) is 0 Å². The van der Waals surface area contributed by atoms with Crippen LogP contribution in [0.25, 0.3) is 5.65 Å². The van der Waals surface area contributed by atoms with Gasteiger partial charge >= 0.3 is 5.97 Å². The van der Waals surface area contributed by atoms with Crippen molar-refractivity contribution < 1.29 is 19.0 Å². The Labute approximate surface area is 137 Å². The zero-order valence-electron chi connectivity index (χ0n) is 12.6.